The SMILES string of the molecule is CC(F)C1CN(C(=O)OC[C@H](c2ccc(Cl)c(-c3ncn[nH]3)c2)N2C(=O)[C@@](CC(C)(C)C)(c3ccc(-c4cnn(C(F)F)c4)cc3)N=C2N)C1. The minimum absolute atomic E-state index is 0.0889. The number of benzene rings is 2. The lowest BCUT2D eigenvalue weighted by atomic mass is 9.75. The summed E-state index contributed by atoms with van der Waals surface area (Å²) in [5.41, 5.74) is 7.39. The zero-order valence-electron chi connectivity index (χ0n) is 27.9. The maximum absolute atomic E-state index is 14.9. The van der Waals surface area contributed by atoms with Gasteiger partial charge in [0.25, 0.3) is 5.91 Å². The zero-order valence-corrected chi connectivity index (χ0v) is 28.6. The van der Waals surface area contributed by atoms with E-state index in [1.165, 1.54) is 35.4 Å². The maximum Gasteiger partial charge on any atom is 0.409 e. The number of aliphatic imine (C=N–C) groups is 1. The van der Waals surface area contributed by atoms with Crippen molar-refractivity contribution in [1.82, 2.24) is 34.8 Å². The number of nitrogens with zero attached hydrogens (tertiary/aromatic N) is 7. The first kappa shape index (κ1) is 34.9. The van der Waals surface area contributed by atoms with Crippen LogP contribution in [-0.2, 0) is 15.1 Å². The Morgan fingerprint density at radius 3 is 2.46 bits per heavy atom. The Morgan fingerprint density at radius 2 is 1.86 bits per heavy atom. The van der Waals surface area contributed by atoms with Gasteiger partial charge < -0.3 is 15.4 Å². The quantitative estimate of drug-likeness (QED) is 0.195. The molecule has 12 nitrogen and oxygen atoms in total. The van der Waals surface area contributed by atoms with Crippen molar-refractivity contribution in [2.24, 2.45) is 22.1 Å². The number of nitrogens with two attached hydrogens (primary N) is 1. The van der Waals surface area contributed by atoms with E-state index in [-0.39, 0.29) is 38.0 Å². The van der Waals surface area contributed by atoms with Crippen molar-refractivity contribution in [3.05, 3.63) is 77.3 Å². The molecule has 0 aliphatic carbocycles. The molecular weight excluding hydrogens is 675 g/mol. The fraction of sp³-hybridized carbons (Fsp3) is 0.412. The molecule has 6 rings (SSSR count). The number of guanidine groups is 1. The minimum atomic E-state index is -2.78. The van der Waals surface area contributed by atoms with Crippen LogP contribution in [0.4, 0.5) is 18.0 Å². The second kappa shape index (κ2) is 13.4. The van der Waals surface area contributed by atoms with Gasteiger partial charge in [-0.2, -0.15) is 19.0 Å². The lowest BCUT2D eigenvalue weighted by molar-refractivity contribution is -0.135. The van der Waals surface area contributed by atoms with Crippen molar-refractivity contribution in [2.45, 2.75) is 58.4 Å². The number of aromatic nitrogens is 5. The first-order chi connectivity index (χ1) is 23.7. The molecule has 3 N–H and O–H groups in total. The molecule has 2 amide bonds. The monoisotopic (exact) mass is 711 g/mol. The van der Waals surface area contributed by atoms with Crippen molar-refractivity contribution in [2.75, 3.05) is 19.7 Å². The molecule has 2 aliphatic rings. The average molecular weight is 712 g/mol. The van der Waals surface area contributed by atoms with Crippen LogP contribution in [0, 0.1) is 11.3 Å². The number of rotatable bonds is 10. The predicted octanol–water partition coefficient (Wildman–Crippen LogP) is 6.34. The summed E-state index contributed by atoms with van der Waals surface area (Å²) in [4.78, 5) is 39.7. The van der Waals surface area contributed by atoms with Crippen LogP contribution < -0.4 is 5.73 Å². The molecule has 264 valence electrons. The summed E-state index contributed by atoms with van der Waals surface area (Å²) in [6.45, 7) is 4.74. The molecule has 1 fully saturated rings. The number of carbonyl (C=O) groups excluding carboxylic acids is 2. The maximum atomic E-state index is 14.9. The van der Waals surface area contributed by atoms with Gasteiger partial charge in [-0.05, 0) is 47.6 Å². The highest BCUT2D eigenvalue weighted by atomic mass is 35.5. The third-order valence-electron chi connectivity index (χ3n) is 8.95. The van der Waals surface area contributed by atoms with Gasteiger partial charge in [0.1, 0.15) is 19.1 Å². The number of aromatic amines is 1. The van der Waals surface area contributed by atoms with E-state index in [0.717, 1.165) is 0 Å². The minimum Gasteiger partial charge on any atom is -0.447 e. The van der Waals surface area contributed by atoms with E-state index in [1.54, 1.807) is 42.5 Å². The summed E-state index contributed by atoms with van der Waals surface area (Å²) in [5, 5.41) is 10.8. The van der Waals surface area contributed by atoms with Gasteiger partial charge in [-0.25, -0.2) is 23.8 Å². The topological polar surface area (TPSA) is 148 Å². The van der Waals surface area contributed by atoms with Crippen molar-refractivity contribution >= 4 is 29.6 Å². The largest absolute Gasteiger partial charge is 0.447 e. The number of halogens is 4. The van der Waals surface area contributed by atoms with Crippen molar-refractivity contribution in [1.29, 1.82) is 0 Å². The lowest BCUT2D eigenvalue weighted by Gasteiger charge is -2.39. The second-order valence-electron chi connectivity index (χ2n) is 13.8. The molecule has 1 unspecified atom stereocenters. The van der Waals surface area contributed by atoms with E-state index < -0.39 is 41.7 Å². The van der Waals surface area contributed by atoms with Crippen LogP contribution in [0.15, 0.2) is 66.2 Å². The molecule has 1 saturated heterocycles. The van der Waals surface area contributed by atoms with Gasteiger partial charge in [-0.15, -0.1) is 0 Å². The number of ether oxygens (including phenoxy) is 1. The van der Waals surface area contributed by atoms with Gasteiger partial charge in [0.2, 0.25) is 0 Å². The Morgan fingerprint density at radius 1 is 1.14 bits per heavy atom. The highest BCUT2D eigenvalue weighted by Crippen LogP contribution is 2.45. The average Bonchev–Trinajstić information content (AvgIpc) is 3.78. The normalized spacial score (nSPS) is 19.5. The summed E-state index contributed by atoms with van der Waals surface area (Å²) in [5.74, 6) is -0.424. The number of H-pyrrole nitrogens is 1. The summed E-state index contributed by atoms with van der Waals surface area (Å²) < 4.78 is 46.4. The van der Waals surface area contributed by atoms with Crippen LogP contribution in [0.3, 0.4) is 0 Å². The first-order valence-corrected chi connectivity index (χ1v) is 16.4. The molecule has 2 aromatic carbocycles. The van der Waals surface area contributed by atoms with Gasteiger partial charge in [0.05, 0.1) is 17.3 Å². The van der Waals surface area contributed by atoms with Crippen LogP contribution in [0.25, 0.3) is 22.5 Å². The number of amides is 2. The van der Waals surface area contributed by atoms with Crippen LogP contribution >= 0.6 is 11.6 Å². The standard InChI is InChI=1S/C34H37ClF3N9O3/c1-19(36)23-13-45(14-23)32(49)50-16-27(21-7-10-26(35)25(11-21)28-40-18-41-44-28)47-29(48)34(43-31(47)39,17-33(2,3)4)24-8-5-20(6-9-24)22-12-42-46(15-22)30(37)38/h5-12,15,18-19,23,27,30H,13-14,16-17H2,1-4H3,(H2,39,43)(H,40,41,44)/t19?,27-,34-/m1/s1. The highest BCUT2D eigenvalue weighted by molar-refractivity contribution is 6.33. The molecule has 16 heteroatoms. The Labute approximate surface area is 291 Å². The molecule has 0 spiro atoms. The summed E-state index contributed by atoms with van der Waals surface area (Å²) >= 11 is 6.53. The molecular formula is C34H37ClF3N9O3. The van der Waals surface area contributed by atoms with E-state index in [0.29, 0.717) is 43.3 Å². The van der Waals surface area contributed by atoms with Crippen molar-refractivity contribution < 1.29 is 27.5 Å². The van der Waals surface area contributed by atoms with Crippen LogP contribution in [0.5, 0.6) is 0 Å². The number of hydrogen-bond donors (Lipinski definition) is 2. The molecule has 2 aliphatic heterocycles. The fourth-order valence-electron chi connectivity index (χ4n) is 6.39. The summed E-state index contributed by atoms with van der Waals surface area (Å²) in [6, 6.07) is 11.0. The highest BCUT2D eigenvalue weighted by Gasteiger charge is 2.53. The molecule has 0 saturated carbocycles. The van der Waals surface area contributed by atoms with Gasteiger partial charge in [0.15, 0.2) is 17.3 Å². The molecule has 0 radical (unpaired) electrons. The van der Waals surface area contributed by atoms with E-state index in [1.807, 2.05) is 20.8 Å². The van der Waals surface area contributed by atoms with E-state index in [9.17, 15) is 22.8 Å². The lowest BCUT2D eigenvalue weighted by Crippen LogP contribution is -2.53. The van der Waals surface area contributed by atoms with Gasteiger partial charge in [-0.1, -0.05) is 62.7 Å². The van der Waals surface area contributed by atoms with Crippen molar-refractivity contribution in [3.63, 3.8) is 0 Å². The fourth-order valence-corrected chi connectivity index (χ4v) is 6.59. The van der Waals surface area contributed by atoms with Gasteiger partial charge >= 0.3 is 12.6 Å². The van der Waals surface area contributed by atoms with E-state index >= 15 is 0 Å². The van der Waals surface area contributed by atoms with E-state index in [2.05, 4.69) is 20.3 Å². The van der Waals surface area contributed by atoms with Crippen LogP contribution in [0.1, 0.15) is 57.8 Å². The Kier molecular flexibility index (Phi) is 9.37. The smallest absolute Gasteiger partial charge is 0.409 e. The molecule has 3 atom stereocenters. The molecule has 0 bridgehead atoms. The second-order valence-corrected chi connectivity index (χ2v) is 14.2. The van der Waals surface area contributed by atoms with E-state index in [4.69, 9.17) is 27.1 Å². The zero-order chi connectivity index (χ0) is 36.0. The molecule has 4 heterocycles. The molecule has 50 heavy (non-hydrogen) atoms. The Balaban J connectivity index is 1.36. The number of hydrogen-bond acceptors (Lipinski definition) is 8. The Bertz CT molecular complexity index is 1890. The number of nitrogens with one attached hydrogen (secondary N) is 1. The third-order valence-corrected chi connectivity index (χ3v) is 9.28. The summed E-state index contributed by atoms with van der Waals surface area (Å²) in [7, 11) is 0. The molecule has 2 aromatic heterocycles. The number of carbonyl (C=O) groups is 2. The van der Waals surface area contributed by atoms with Gasteiger partial charge in [0, 0.05) is 36.3 Å². The summed E-state index contributed by atoms with van der Waals surface area (Å²) in [6.07, 6.45) is 2.47. The van der Waals surface area contributed by atoms with Crippen LogP contribution in [-0.4, -0.2) is 78.6 Å². The molecule has 4 aromatic rings. The predicted molar refractivity (Wildman–Crippen MR) is 180 cm³/mol. The number of alkyl halides is 3. The Hall–Kier alpha value is -4.92. The van der Waals surface area contributed by atoms with Crippen LogP contribution in [0.2, 0.25) is 5.02 Å². The third kappa shape index (κ3) is 6.78. The number of likely N-dealkylation sites (tertiary alicyclic amines) is 1. The first-order valence-electron chi connectivity index (χ1n) is 16.0. The van der Waals surface area contributed by atoms with Gasteiger partial charge in [-0.3, -0.25) is 14.8 Å². The van der Waals surface area contributed by atoms with Crippen molar-refractivity contribution in [3.8, 4) is 22.5 Å².